The fourth-order valence-corrected chi connectivity index (χ4v) is 1.22. The van der Waals surface area contributed by atoms with Crippen LogP contribution < -0.4 is 22.3 Å². The topological polar surface area (TPSA) is 128 Å². The van der Waals surface area contributed by atoms with Gasteiger partial charge in [0.2, 0.25) is 0 Å². The fraction of sp³-hybridized carbons (Fsp3) is 0.500. The van der Waals surface area contributed by atoms with Crippen molar-refractivity contribution in [3.63, 3.8) is 0 Å². The van der Waals surface area contributed by atoms with Crippen molar-refractivity contribution in [3.8, 4) is 0 Å². The maximum Gasteiger partial charge on any atom is 0.404 e. The van der Waals surface area contributed by atoms with E-state index in [1.807, 2.05) is 13.8 Å². The molecule has 1 rings (SSSR count). The SMILES string of the molecule is CC(C)c1nc(NN)cc(NCCOC(N)=O)n1. The number of ether oxygens (including phenoxy) is 1. The van der Waals surface area contributed by atoms with Crippen molar-refractivity contribution in [3.05, 3.63) is 11.9 Å². The summed E-state index contributed by atoms with van der Waals surface area (Å²) in [7, 11) is 0. The second kappa shape index (κ2) is 6.60. The van der Waals surface area contributed by atoms with Crippen LogP contribution >= 0.6 is 0 Å². The summed E-state index contributed by atoms with van der Waals surface area (Å²) in [6.07, 6.45) is -0.799. The molecule has 8 nitrogen and oxygen atoms in total. The number of anilines is 2. The summed E-state index contributed by atoms with van der Waals surface area (Å²) in [5.74, 6) is 7.31. The highest BCUT2D eigenvalue weighted by Gasteiger charge is 2.07. The molecule has 0 aliphatic heterocycles. The highest BCUT2D eigenvalue weighted by Crippen LogP contribution is 2.15. The minimum absolute atomic E-state index is 0.168. The first-order valence-corrected chi connectivity index (χ1v) is 5.54. The van der Waals surface area contributed by atoms with E-state index in [9.17, 15) is 4.79 Å². The Morgan fingerprint density at radius 2 is 2.11 bits per heavy atom. The molecule has 100 valence electrons. The van der Waals surface area contributed by atoms with Crippen molar-refractivity contribution in [1.82, 2.24) is 9.97 Å². The molecule has 1 aromatic heterocycles. The number of hydrogen-bond acceptors (Lipinski definition) is 7. The molecule has 6 N–H and O–H groups in total. The van der Waals surface area contributed by atoms with Gasteiger partial charge in [-0.1, -0.05) is 13.8 Å². The highest BCUT2D eigenvalue weighted by molar-refractivity contribution is 5.64. The van der Waals surface area contributed by atoms with Gasteiger partial charge in [0.25, 0.3) is 0 Å². The predicted octanol–water partition coefficient (Wildman–Crippen LogP) is 0.393. The van der Waals surface area contributed by atoms with Gasteiger partial charge in [0.15, 0.2) is 0 Å². The lowest BCUT2D eigenvalue weighted by molar-refractivity contribution is 0.161. The fourth-order valence-electron chi connectivity index (χ4n) is 1.22. The Morgan fingerprint density at radius 1 is 1.44 bits per heavy atom. The van der Waals surface area contributed by atoms with Crippen LogP contribution in [-0.2, 0) is 4.74 Å². The first kappa shape index (κ1) is 14.0. The van der Waals surface area contributed by atoms with Crippen molar-refractivity contribution in [1.29, 1.82) is 0 Å². The van der Waals surface area contributed by atoms with Gasteiger partial charge in [-0.05, 0) is 0 Å². The standard InChI is InChI=1S/C10H18N6O2/c1-6(2)9-14-7(5-8(15-9)16-12)13-3-4-18-10(11)17/h5-6H,3-4,12H2,1-2H3,(H2,11,17)(H2,13,14,15,16). The zero-order valence-corrected chi connectivity index (χ0v) is 10.4. The zero-order valence-electron chi connectivity index (χ0n) is 10.4. The lowest BCUT2D eigenvalue weighted by Gasteiger charge is -2.11. The van der Waals surface area contributed by atoms with Crippen LogP contribution in [0.4, 0.5) is 16.4 Å². The smallest absolute Gasteiger partial charge is 0.404 e. The lowest BCUT2D eigenvalue weighted by Crippen LogP contribution is -2.19. The van der Waals surface area contributed by atoms with Crippen LogP contribution in [0.25, 0.3) is 0 Å². The van der Waals surface area contributed by atoms with Crippen LogP contribution in [0.5, 0.6) is 0 Å². The van der Waals surface area contributed by atoms with Gasteiger partial charge >= 0.3 is 6.09 Å². The quantitative estimate of drug-likeness (QED) is 0.328. The van der Waals surface area contributed by atoms with Crippen molar-refractivity contribution in [2.24, 2.45) is 11.6 Å². The van der Waals surface area contributed by atoms with E-state index in [0.29, 0.717) is 24.0 Å². The van der Waals surface area contributed by atoms with Crippen molar-refractivity contribution >= 4 is 17.7 Å². The van der Waals surface area contributed by atoms with Crippen molar-refractivity contribution in [2.75, 3.05) is 23.9 Å². The minimum Gasteiger partial charge on any atom is -0.448 e. The maximum atomic E-state index is 10.4. The summed E-state index contributed by atoms with van der Waals surface area (Å²) in [5.41, 5.74) is 7.32. The molecule has 0 fully saturated rings. The van der Waals surface area contributed by atoms with Gasteiger partial charge in [-0.15, -0.1) is 0 Å². The number of carbonyl (C=O) groups excluding carboxylic acids is 1. The Bertz CT molecular complexity index is 409. The zero-order chi connectivity index (χ0) is 13.5. The molecular formula is C10H18N6O2. The van der Waals surface area contributed by atoms with Gasteiger partial charge < -0.3 is 21.2 Å². The van der Waals surface area contributed by atoms with Gasteiger partial charge in [-0.25, -0.2) is 20.6 Å². The van der Waals surface area contributed by atoms with Gasteiger partial charge in [0.05, 0.1) is 6.54 Å². The summed E-state index contributed by atoms with van der Waals surface area (Å²) < 4.78 is 4.59. The minimum atomic E-state index is -0.799. The molecule has 0 atom stereocenters. The molecule has 0 saturated heterocycles. The number of hydrogen-bond donors (Lipinski definition) is 4. The van der Waals surface area contributed by atoms with E-state index in [1.54, 1.807) is 6.07 Å². The molecule has 0 saturated carbocycles. The monoisotopic (exact) mass is 254 g/mol. The lowest BCUT2D eigenvalue weighted by atomic mass is 10.2. The first-order chi connectivity index (χ1) is 8.52. The van der Waals surface area contributed by atoms with Crippen LogP contribution in [0.2, 0.25) is 0 Å². The summed E-state index contributed by atoms with van der Waals surface area (Å²) in [5, 5.41) is 2.99. The number of rotatable bonds is 6. The van der Waals surface area contributed by atoms with E-state index in [0.717, 1.165) is 0 Å². The van der Waals surface area contributed by atoms with E-state index >= 15 is 0 Å². The highest BCUT2D eigenvalue weighted by atomic mass is 16.5. The van der Waals surface area contributed by atoms with Gasteiger partial charge in [-0.3, -0.25) is 0 Å². The van der Waals surface area contributed by atoms with Gasteiger partial charge in [0, 0.05) is 12.0 Å². The van der Waals surface area contributed by atoms with E-state index in [4.69, 9.17) is 11.6 Å². The molecule has 18 heavy (non-hydrogen) atoms. The van der Waals surface area contributed by atoms with E-state index in [1.165, 1.54) is 0 Å². The van der Waals surface area contributed by atoms with Crippen LogP contribution in [0.1, 0.15) is 25.6 Å². The van der Waals surface area contributed by atoms with Crippen molar-refractivity contribution in [2.45, 2.75) is 19.8 Å². The van der Waals surface area contributed by atoms with Crippen LogP contribution in [0, 0.1) is 0 Å². The molecule has 0 aliphatic carbocycles. The number of nitrogens with one attached hydrogen (secondary N) is 2. The van der Waals surface area contributed by atoms with E-state index < -0.39 is 6.09 Å². The Balaban J connectivity index is 2.63. The summed E-state index contributed by atoms with van der Waals surface area (Å²) in [4.78, 5) is 18.9. The summed E-state index contributed by atoms with van der Waals surface area (Å²) in [6, 6.07) is 1.66. The number of carbonyl (C=O) groups is 1. The molecule has 0 spiro atoms. The number of nitrogen functional groups attached to an aromatic ring is 1. The second-order valence-electron chi connectivity index (χ2n) is 3.89. The molecule has 0 aliphatic rings. The summed E-state index contributed by atoms with van der Waals surface area (Å²) >= 11 is 0. The molecule has 8 heteroatoms. The average molecular weight is 254 g/mol. The molecule has 1 aromatic rings. The molecule has 0 radical (unpaired) electrons. The number of nitrogens with zero attached hydrogens (tertiary/aromatic N) is 2. The summed E-state index contributed by atoms with van der Waals surface area (Å²) in [6.45, 7) is 4.54. The molecule has 1 amide bonds. The third-order valence-corrected chi connectivity index (χ3v) is 2.06. The van der Waals surface area contributed by atoms with Crippen LogP contribution in [0.15, 0.2) is 6.07 Å². The maximum absolute atomic E-state index is 10.4. The third-order valence-electron chi connectivity index (χ3n) is 2.06. The Hall–Kier alpha value is -2.09. The molecule has 1 heterocycles. The Morgan fingerprint density at radius 3 is 2.67 bits per heavy atom. The number of aromatic nitrogens is 2. The molecule has 0 aromatic carbocycles. The molecular weight excluding hydrogens is 236 g/mol. The molecule has 0 bridgehead atoms. The van der Waals surface area contributed by atoms with Gasteiger partial charge in [-0.2, -0.15) is 0 Å². The number of nitrogens with two attached hydrogens (primary N) is 2. The normalized spacial score (nSPS) is 10.2. The largest absolute Gasteiger partial charge is 0.448 e. The average Bonchev–Trinajstić information content (AvgIpc) is 2.34. The predicted molar refractivity (Wildman–Crippen MR) is 68.0 cm³/mol. The molecule has 0 unspecified atom stereocenters. The van der Waals surface area contributed by atoms with Gasteiger partial charge in [0.1, 0.15) is 24.1 Å². The van der Waals surface area contributed by atoms with Crippen LogP contribution in [-0.4, -0.2) is 29.2 Å². The van der Waals surface area contributed by atoms with E-state index in [2.05, 4.69) is 25.4 Å². The number of primary amides is 1. The first-order valence-electron chi connectivity index (χ1n) is 5.54. The van der Waals surface area contributed by atoms with E-state index in [-0.39, 0.29) is 12.5 Å². The van der Waals surface area contributed by atoms with Crippen molar-refractivity contribution < 1.29 is 9.53 Å². The second-order valence-corrected chi connectivity index (χ2v) is 3.89. The Kier molecular flexibility index (Phi) is 5.12. The number of amides is 1. The Labute approximate surface area is 105 Å². The van der Waals surface area contributed by atoms with Crippen LogP contribution in [0.3, 0.4) is 0 Å². The number of hydrazine groups is 1. The third kappa shape index (κ3) is 4.42.